The highest BCUT2D eigenvalue weighted by atomic mass is 35.5. The van der Waals surface area contributed by atoms with Gasteiger partial charge in [0, 0.05) is 17.6 Å². The summed E-state index contributed by atoms with van der Waals surface area (Å²) in [6.45, 7) is 5.02. The quantitative estimate of drug-likeness (QED) is 0.500. The third kappa shape index (κ3) is 7.36. The fraction of sp³-hybridized carbons (Fsp3) is 0.417. The van der Waals surface area contributed by atoms with E-state index in [9.17, 15) is 18.0 Å². The van der Waals surface area contributed by atoms with Gasteiger partial charge in [-0.3, -0.25) is 13.9 Å². The molecule has 2 amide bonds. The molecule has 34 heavy (non-hydrogen) atoms. The number of ether oxygens (including phenoxy) is 1. The molecule has 0 unspecified atom stereocenters. The third-order valence-corrected chi connectivity index (χ3v) is 6.80. The molecule has 186 valence electrons. The molecule has 2 aromatic rings. The molecule has 2 atom stereocenters. The van der Waals surface area contributed by atoms with Crippen LogP contribution in [0, 0.1) is 0 Å². The summed E-state index contributed by atoms with van der Waals surface area (Å²) in [4.78, 5) is 27.8. The fourth-order valence-corrected chi connectivity index (χ4v) is 4.38. The van der Waals surface area contributed by atoms with Crippen molar-refractivity contribution in [2.45, 2.75) is 45.8 Å². The molecular weight excluding hydrogens is 478 g/mol. The van der Waals surface area contributed by atoms with Gasteiger partial charge in [0.05, 0.1) is 19.1 Å². The van der Waals surface area contributed by atoms with Crippen LogP contribution in [-0.2, 0) is 26.2 Å². The molecule has 0 saturated heterocycles. The summed E-state index contributed by atoms with van der Waals surface area (Å²) < 4.78 is 31.6. The summed E-state index contributed by atoms with van der Waals surface area (Å²) in [5.74, 6) is -0.555. The fourth-order valence-electron chi connectivity index (χ4n) is 3.31. The van der Waals surface area contributed by atoms with E-state index in [2.05, 4.69) is 5.32 Å². The van der Waals surface area contributed by atoms with Crippen molar-refractivity contribution in [3.63, 3.8) is 0 Å². The van der Waals surface area contributed by atoms with E-state index in [1.54, 1.807) is 55.5 Å². The number of hydrogen-bond acceptors (Lipinski definition) is 5. The molecule has 0 aliphatic rings. The van der Waals surface area contributed by atoms with Crippen molar-refractivity contribution in [3.8, 4) is 5.75 Å². The molecule has 10 heteroatoms. The second-order valence-corrected chi connectivity index (χ2v) is 10.4. The van der Waals surface area contributed by atoms with Gasteiger partial charge in [-0.1, -0.05) is 42.8 Å². The maximum Gasteiger partial charge on any atom is 0.244 e. The minimum absolute atomic E-state index is 0.0702. The number of carbonyl (C=O) groups excluding carboxylic acids is 2. The Kier molecular flexibility index (Phi) is 9.76. The van der Waals surface area contributed by atoms with Crippen LogP contribution in [0.2, 0.25) is 5.02 Å². The summed E-state index contributed by atoms with van der Waals surface area (Å²) in [7, 11) is -2.42. The summed E-state index contributed by atoms with van der Waals surface area (Å²) in [6.07, 6.45) is 1.75. The number of anilines is 1. The van der Waals surface area contributed by atoms with E-state index in [-0.39, 0.29) is 24.2 Å². The zero-order valence-electron chi connectivity index (χ0n) is 20.1. The van der Waals surface area contributed by atoms with Gasteiger partial charge in [0.15, 0.2) is 0 Å². The van der Waals surface area contributed by atoms with Gasteiger partial charge in [-0.15, -0.1) is 0 Å². The Balaban J connectivity index is 2.42. The number of sulfonamides is 1. The Bertz CT molecular complexity index is 1110. The standard InChI is InChI=1S/C24H32ClN3O5S/c1-6-17(2)26-24(30)18(3)27(15-19-10-9-11-20(25)14-19)23(29)16-28(34(5,31)32)21-12-7-8-13-22(21)33-4/h7-14,17-18H,6,15-16H2,1-5H3,(H,26,30)/t17-,18+/m1/s1. The van der Waals surface area contributed by atoms with E-state index in [0.717, 1.165) is 17.0 Å². The average molecular weight is 510 g/mol. The number of carbonyl (C=O) groups is 2. The molecule has 0 heterocycles. The van der Waals surface area contributed by atoms with Crippen LogP contribution in [0.3, 0.4) is 0 Å². The van der Waals surface area contributed by atoms with E-state index >= 15 is 0 Å². The summed E-state index contributed by atoms with van der Waals surface area (Å²) in [5.41, 5.74) is 0.951. The number of hydrogen-bond donors (Lipinski definition) is 1. The highest BCUT2D eigenvalue weighted by Gasteiger charge is 2.31. The van der Waals surface area contributed by atoms with Gasteiger partial charge < -0.3 is 15.0 Å². The molecule has 0 bridgehead atoms. The van der Waals surface area contributed by atoms with E-state index in [1.807, 2.05) is 13.8 Å². The first-order valence-electron chi connectivity index (χ1n) is 10.9. The van der Waals surface area contributed by atoms with Crippen molar-refractivity contribution >= 4 is 39.1 Å². The molecule has 2 rings (SSSR count). The maximum atomic E-state index is 13.5. The van der Waals surface area contributed by atoms with Crippen LogP contribution in [0.4, 0.5) is 5.69 Å². The molecule has 0 fully saturated rings. The van der Waals surface area contributed by atoms with E-state index < -0.39 is 28.5 Å². The SMILES string of the molecule is CC[C@@H](C)NC(=O)[C@H](C)N(Cc1cccc(Cl)c1)C(=O)CN(c1ccccc1OC)S(C)(=O)=O. The molecule has 0 aliphatic heterocycles. The number of methoxy groups -OCH3 is 1. The smallest absolute Gasteiger partial charge is 0.244 e. The van der Waals surface area contributed by atoms with E-state index in [0.29, 0.717) is 16.3 Å². The Morgan fingerprint density at radius 1 is 1.12 bits per heavy atom. The lowest BCUT2D eigenvalue weighted by Crippen LogP contribution is -2.52. The first-order chi connectivity index (χ1) is 16.0. The predicted octanol–water partition coefficient (Wildman–Crippen LogP) is 3.45. The van der Waals surface area contributed by atoms with Crippen LogP contribution in [0.15, 0.2) is 48.5 Å². The average Bonchev–Trinajstić information content (AvgIpc) is 2.79. The second kappa shape index (κ2) is 12.1. The number of rotatable bonds is 11. The molecule has 0 saturated carbocycles. The van der Waals surface area contributed by atoms with Crippen molar-refractivity contribution in [3.05, 3.63) is 59.1 Å². The van der Waals surface area contributed by atoms with Crippen LogP contribution in [-0.4, -0.2) is 57.1 Å². The third-order valence-electron chi connectivity index (χ3n) is 5.44. The van der Waals surface area contributed by atoms with E-state index in [4.69, 9.17) is 16.3 Å². The molecule has 8 nitrogen and oxygen atoms in total. The summed E-state index contributed by atoms with van der Waals surface area (Å²) >= 11 is 6.11. The lowest BCUT2D eigenvalue weighted by Gasteiger charge is -2.32. The first kappa shape index (κ1) is 27.5. The van der Waals surface area contributed by atoms with Crippen molar-refractivity contribution < 1.29 is 22.7 Å². The van der Waals surface area contributed by atoms with Crippen LogP contribution in [0.1, 0.15) is 32.8 Å². The largest absolute Gasteiger partial charge is 0.495 e. The molecule has 1 N–H and O–H groups in total. The summed E-state index contributed by atoms with van der Waals surface area (Å²) in [6, 6.07) is 12.6. The molecule has 0 spiro atoms. The highest BCUT2D eigenvalue weighted by molar-refractivity contribution is 7.92. The normalized spacial score (nSPS) is 13.0. The Morgan fingerprint density at radius 2 is 1.79 bits per heavy atom. The zero-order chi connectivity index (χ0) is 25.5. The Hall–Kier alpha value is -2.78. The highest BCUT2D eigenvalue weighted by Crippen LogP contribution is 2.29. The predicted molar refractivity (Wildman–Crippen MR) is 135 cm³/mol. The number of benzene rings is 2. The van der Waals surface area contributed by atoms with Crippen molar-refractivity contribution in [2.75, 3.05) is 24.2 Å². The van der Waals surface area contributed by atoms with Gasteiger partial charge in [-0.2, -0.15) is 0 Å². The molecule has 0 radical (unpaired) electrons. The lowest BCUT2D eigenvalue weighted by molar-refractivity contribution is -0.139. The van der Waals surface area contributed by atoms with Gasteiger partial charge in [0.25, 0.3) is 0 Å². The van der Waals surface area contributed by atoms with Crippen LogP contribution in [0.5, 0.6) is 5.75 Å². The molecule has 0 aliphatic carbocycles. The number of amides is 2. The monoisotopic (exact) mass is 509 g/mol. The second-order valence-electron chi connectivity index (χ2n) is 8.09. The van der Waals surface area contributed by atoms with Crippen molar-refractivity contribution in [2.24, 2.45) is 0 Å². The van der Waals surface area contributed by atoms with Crippen LogP contribution >= 0.6 is 11.6 Å². The van der Waals surface area contributed by atoms with Gasteiger partial charge in [-0.25, -0.2) is 8.42 Å². The zero-order valence-corrected chi connectivity index (χ0v) is 21.7. The van der Waals surface area contributed by atoms with E-state index in [1.165, 1.54) is 12.0 Å². The van der Waals surface area contributed by atoms with Crippen molar-refractivity contribution in [1.82, 2.24) is 10.2 Å². The lowest BCUT2D eigenvalue weighted by atomic mass is 10.1. The molecular formula is C24H32ClN3O5S. The van der Waals surface area contributed by atoms with Gasteiger partial charge in [0.2, 0.25) is 21.8 Å². The minimum atomic E-state index is -3.84. The number of para-hydroxylation sites is 2. The number of nitrogens with zero attached hydrogens (tertiary/aromatic N) is 2. The van der Waals surface area contributed by atoms with Crippen LogP contribution in [0.25, 0.3) is 0 Å². The summed E-state index contributed by atoms with van der Waals surface area (Å²) in [5, 5.41) is 3.38. The van der Waals surface area contributed by atoms with Gasteiger partial charge in [0.1, 0.15) is 18.3 Å². The minimum Gasteiger partial charge on any atom is -0.495 e. The topological polar surface area (TPSA) is 96.0 Å². The molecule has 0 aromatic heterocycles. The van der Waals surface area contributed by atoms with Crippen molar-refractivity contribution in [1.29, 1.82) is 0 Å². The van der Waals surface area contributed by atoms with Gasteiger partial charge in [-0.05, 0) is 50.1 Å². The number of nitrogens with one attached hydrogen (secondary N) is 1. The van der Waals surface area contributed by atoms with Gasteiger partial charge >= 0.3 is 0 Å². The molecule has 2 aromatic carbocycles. The Morgan fingerprint density at radius 3 is 2.38 bits per heavy atom. The number of halogens is 1. The Labute approximate surface area is 206 Å². The first-order valence-corrected chi connectivity index (χ1v) is 13.2. The van der Waals surface area contributed by atoms with Crippen LogP contribution < -0.4 is 14.4 Å². The maximum absolute atomic E-state index is 13.5.